The maximum atomic E-state index is 12.8. The average molecular weight is 302 g/mol. The molecule has 0 amide bonds. The van der Waals surface area contributed by atoms with E-state index in [9.17, 15) is 8.42 Å². The molecule has 1 spiro atoms. The van der Waals surface area contributed by atoms with Crippen molar-refractivity contribution in [3.05, 3.63) is 0 Å². The van der Waals surface area contributed by atoms with Crippen molar-refractivity contribution in [1.29, 1.82) is 0 Å². The highest BCUT2D eigenvalue weighted by atomic mass is 32.2. The van der Waals surface area contributed by atoms with E-state index in [1.807, 2.05) is 0 Å². The minimum Gasteiger partial charge on any atom is -0.372 e. The molecule has 20 heavy (non-hydrogen) atoms. The summed E-state index contributed by atoms with van der Waals surface area (Å²) in [5.41, 5.74) is -0.188. The van der Waals surface area contributed by atoms with Gasteiger partial charge in [-0.3, -0.25) is 0 Å². The van der Waals surface area contributed by atoms with Crippen LogP contribution in [-0.4, -0.2) is 55.4 Å². The maximum Gasteiger partial charge on any atom is 0.282 e. The van der Waals surface area contributed by atoms with Gasteiger partial charge in [-0.05, 0) is 31.6 Å². The molecule has 2 heterocycles. The Morgan fingerprint density at radius 1 is 1.10 bits per heavy atom. The van der Waals surface area contributed by atoms with Crippen LogP contribution in [0.25, 0.3) is 0 Å². The molecule has 0 radical (unpaired) electrons. The molecule has 6 heteroatoms. The van der Waals surface area contributed by atoms with Crippen molar-refractivity contribution >= 4 is 10.2 Å². The molecule has 3 rings (SSSR count). The first-order chi connectivity index (χ1) is 9.52. The highest BCUT2D eigenvalue weighted by Gasteiger charge is 2.44. The van der Waals surface area contributed by atoms with Gasteiger partial charge in [0, 0.05) is 26.2 Å². The summed E-state index contributed by atoms with van der Waals surface area (Å²) in [5.74, 6) is 0.472. The Morgan fingerprint density at radius 3 is 2.55 bits per heavy atom. The van der Waals surface area contributed by atoms with Crippen LogP contribution in [0, 0.1) is 5.92 Å². The number of piperidine rings is 1. The van der Waals surface area contributed by atoms with Gasteiger partial charge in [-0.25, -0.2) is 0 Å². The third-order valence-electron chi connectivity index (χ3n) is 5.00. The van der Waals surface area contributed by atoms with Crippen LogP contribution in [-0.2, 0) is 14.9 Å². The Bertz CT molecular complexity index is 445. The summed E-state index contributed by atoms with van der Waals surface area (Å²) in [6.07, 6.45) is 6.46. The zero-order chi connectivity index (χ0) is 14.2. The van der Waals surface area contributed by atoms with Crippen LogP contribution in [0.5, 0.6) is 0 Å². The van der Waals surface area contributed by atoms with Gasteiger partial charge in [0.05, 0.1) is 12.2 Å². The second-order valence-corrected chi connectivity index (χ2v) is 8.61. The van der Waals surface area contributed by atoms with E-state index in [1.165, 1.54) is 0 Å². The van der Waals surface area contributed by atoms with Crippen molar-refractivity contribution in [3.8, 4) is 0 Å². The molecule has 0 unspecified atom stereocenters. The van der Waals surface area contributed by atoms with Crippen LogP contribution in [0.2, 0.25) is 0 Å². The molecule has 0 N–H and O–H groups in total. The molecule has 116 valence electrons. The zero-order valence-electron chi connectivity index (χ0n) is 12.4. The summed E-state index contributed by atoms with van der Waals surface area (Å²) in [5, 5.41) is 0. The smallest absolute Gasteiger partial charge is 0.282 e. The Balaban J connectivity index is 1.73. The largest absolute Gasteiger partial charge is 0.372 e. The summed E-state index contributed by atoms with van der Waals surface area (Å²) < 4.78 is 35.0. The number of hydrogen-bond acceptors (Lipinski definition) is 3. The van der Waals surface area contributed by atoms with Crippen LogP contribution in [0.1, 0.15) is 45.4 Å². The van der Waals surface area contributed by atoms with Gasteiger partial charge in [0.2, 0.25) is 0 Å². The van der Waals surface area contributed by atoms with E-state index >= 15 is 0 Å². The zero-order valence-corrected chi connectivity index (χ0v) is 13.2. The molecule has 3 fully saturated rings. The lowest BCUT2D eigenvalue weighted by atomic mass is 10.0. The highest BCUT2D eigenvalue weighted by molar-refractivity contribution is 7.86. The fourth-order valence-electron chi connectivity index (χ4n) is 3.85. The van der Waals surface area contributed by atoms with E-state index in [0.29, 0.717) is 38.7 Å². The molecule has 0 aromatic carbocycles. The van der Waals surface area contributed by atoms with Gasteiger partial charge in [-0.2, -0.15) is 17.0 Å². The van der Waals surface area contributed by atoms with Crippen molar-refractivity contribution in [2.24, 2.45) is 5.92 Å². The lowest BCUT2D eigenvalue weighted by Gasteiger charge is -2.42. The number of hydrogen-bond donors (Lipinski definition) is 0. The van der Waals surface area contributed by atoms with E-state index in [4.69, 9.17) is 4.74 Å². The molecule has 2 aliphatic heterocycles. The van der Waals surface area contributed by atoms with Crippen molar-refractivity contribution in [2.75, 3.05) is 32.8 Å². The van der Waals surface area contributed by atoms with Crippen molar-refractivity contribution in [2.45, 2.75) is 51.0 Å². The summed E-state index contributed by atoms with van der Waals surface area (Å²) in [7, 11) is -3.29. The Labute approximate surface area is 122 Å². The minimum absolute atomic E-state index is 0.188. The average Bonchev–Trinajstić information content (AvgIpc) is 2.87. The van der Waals surface area contributed by atoms with Gasteiger partial charge in [0.15, 0.2) is 0 Å². The fourth-order valence-corrected chi connectivity index (χ4v) is 5.68. The highest BCUT2D eigenvalue weighted by Crippen LogP contribution is 2.37. The summed E-state index contributed by atoms with van der Waals surface area (Å²) in [4.78, 5) is 0. The van der Waals surface area contributed by atoms with Gasteiger partial charge in [-0.15, -0.1) is 0 Å². The van der Waals surface area contributed by atoms with Crippen LogP contribution in [0.15, 0.2) is 0 Å². The van der Waals surface area contributed by atoms with Gasteiger partial charge in [-0.1, -0.05) is 19.8 Å². The van der Waals surface area contributed by atoms with Gasteiger partial charge < -0.3 is 4.74 Å². The van der Waals surface area contributed by atoms with Crippen molar-refractivity contribution in [1.82, 2.24) is 8.61 Å². The first kappa shape index (κ1) is 14.8. The van der Waals surface area contributed by atoms with Gasteiger partial charge in [0.1, 0.15) is 0 Å². The molecule has 1 saturated carbocycles. The SMILES string of the molecule is C[C@H]1CCCN(S(=O)(=O)N2CCOC3(CCCC3)C2)C1. The normalized spacial score (nSPS) is 32.8. The summed E-state index contributed by atoms with van der Waals surface area (Å²) in [6.45, 7) is 5.10. The molecule has 1 atom stereocenters. The molecule has 1 aliphatic carbocycles. The quantitative estimate of drug-likeness (QED) is 0.778. The maximum absolute atomic E-state index is 12.8. The number of morpholine rings is 1. The lowest BCUT2D eigenvalue weighted by molar-refractivity contribution is -0.0854. The fraction of sp³-hybridized carbons (Fsp3) is 1.00. The van der Waals surface area contributed by atoms with E-state index in [-0.39, 0.29) is 5.60 Å². The third kappa shape index (κ3) is 2.75. The van der Waals surface area contributed by atoms with E-state index in [2.05, 4.69) is 6.92 Å². The van der Waals surface area contributed by atoms with Gasteiger partial charge in [0.25, 0.3) is 10.2 Å². The molecule has 0 bridgehead atoms. The van der Waals surface area contributed by atoms with E-state index in [1.54, 1.807) is 8.61 Å². The van der Waals surface area contributed by atoms with Crippen LogP contribution in [0.4, 0.5) is 0 Å². The van der Waals surface area contributed by atoms with E-state index < -0.39 is 10.2 Å². The van der Waals surface area contributed by atoms with Crippen LogP contribution >= 0.6 is 0 Å². The Kier molecular flexibility index (Phi) is 4.10. The molecule has 5 nitrogen and oxygen atoms in total. The van der Waals surface area contributed by atoms with Crippen molar-refractivity contribution in [3.63, 3.8) is 0 Å². The van der Waals surface area contributed by atoms with Crippen molar-refractivity contribution < 1.29 is 13.2 Å². The number of rotatable bonds is 2. The Hall–Kier alpha value is -0.170. The molecule has 0 aromatic heterocycles. The molecule has 0 aromatic rings. The number of ether oxygens (including phenoxy) is 1. The summed E-state index contributed by atoms with van der Waals surface area (Å²) >= 11 is 0. The third-order valence-corrected chi connectivity index (χ3v) is 6.95. The Morgan fingerprint density at radius 2 is 1.85 bits per heavy atom. The molecule has 2 saturated heterocycles. The van der Waals surface area contributed by atoms with Gasteiger partial charge >= 0.3 is 0 Å². The predicted octanol–water partition coefficient (Wildman–Crippen LogP) is 1.61. The number of nitrogens with zero attached hydrogens (tertiary/aromatic N) is 2. The topological polar surface area (TPSA) is 49.9 Å². The molecular weight excluding hydrogens is 276 g/mol. The first-order valence-electron chi connectivity index (χ1n) is 7.91. The summed E-state index contributed by atoms with van der Waals surface area (Å²) in [6, 6.07) is 0. The van der Waals surface area contributed by atoms with Crippen LogP contribution in [0.3, 0.4) is 0 Å². The second kappa shape index (κ2) is 5.55. The van der Waals surface area contributed by atoms with Crippen LogP contribution < -0.4 is 0 Å². The predicted molar refractivity (Wildman–Crippen MR) is 77.6 cm³/mol. The first-order valence-corrected chi connectivity index (χ1v) is 9.31. The lowest BCUT2D eigenvalue weighted by Crippen LogP contribution is -2.56. The standard InChI is InChI=1S/C14H26N2O3S/c1-13-5-4-8-15(11-13)20(17,18)16-9-10-19-14(12-16)6-2-3-7-14/h13H,2-12H2,1H3/t13-/m0/s1. The molecule has 3 aliphatic rings. The monoisotopic (exact) mass is 302 g/mol. The second-order valence-electron chi connectivity index (χ2n) is 6.69. The van der Waals surface area contributed by atoms with E-state index in [0.717, 1.165) is 38.5 Å². The minimum atomic E-state index is -3.29. The molecular formula is C14H26N2O3S.